The maximum Gasteiger partial charge on any atom is 0.280 e. The van der Waals surface area contributed by atoms with E-state index >= 15 is 0 Å². The molecule has 144 valence electrons. The van der Waals surface area contributed by atoms with Crippen LogP contribution in [-0.4, -0.2) is 17.1 Å². The van der Waals surface area contributed by atoms with E-state index in [1.807, 2.05) is 56.3 Å². The molecule has 0 saturated heterocycles. The minimum atomic E-state index is -0.397. The molecule has 0 unspecified atom stereocenters. The third kappa shape index (κ3) is 4.22. The number of aromatic nitrogens is 1. The topological polar surface area (TPSA) is 45.6 Å². The van der Waals surface area contributed by atoms with Crippen molar-refractivity contribution in [1.29, 1.82) is 0 Å². The van der Waals surface area contributed by atoms with E-state index in [1.54, 1.807) is 6.21 Å². The van der Waals surface area contributed by atoms with Crippen LogP contribution in [0.1, 0.15) is 27.0 Å². The van der Waals surface area contributed by atoms with Gasteiger partial charge < -0.3 is 0 Å². The molecule has 29 heavy (non-hydrogen) atoms. The summed E-state index contributed by atoms with van der Waals surface area (Å²) in [5.41, 5.74) is 4.26. The molecule has 0 aliphatic carbocycles. The van der Waals surface area contributed by atoms with Gasteiger partial charge in [0.05, 0.1) is 16.4 Å². The molecule has 4 aromatic rings. The van der Waals surface area contributed by atoms with Gasteiger partial charge in [0.25, 0.3) is 5.91 Å². The van der Waals surface area contributed by atoms with Gasteiger partial charge >= 0.3 is 0 Å². The number of hydrogen-bond donors (Lipinski definition) is 0. The summed E-state index contributed by atoms with van der Waals surface area (Å²) in [5.74, 6) is -0.768. The van der Waals surface area contributed by atoms with E-state index in [0.717, 1.165) is 26.9 Å². The number of benzene rings is 3. The summed E-state index contributed by atoms with van der Waals surface area (Å²) in [6.07, 6.45) is 1.62. The lowest BCUT2D eigenvalue weighted by Crippen LogP contribution is -2.25. The highest BCUT2D eigenvalue weighted by molar-refractivity contribution is 7.22. The van der Waals surface area contributed by atoms with Crippen molar-refractivity contribution in [2.75, 3.05) is 5.01 Å². The van der Waals surface area contributed by atoms with Crippen LogP contribution < -0.4 is 5.01 Å². The number of aryl methyl sites for hydroxylation is 2. The number of anilines is 1. The first-order valence-electron chi connectivity index (χ1n) is 9.07. The fraction of sp³-hybridized carbons (Fsp3) is 0.0870. The van der Waals surface area contributed by atoms with Crippen LogP contribution in [0.25, 0.3) is 10.2 Å². The molecule has 0 atom stereocenters. The molecule has 1 aromatic heterocycles. The predicted molar refractivity (Wildman–Crippen MR) is 116 cm³/mol. The van der Waals surface area contributed by atoms with Gasteiger partial charge in [-0.2, -0.15) is 10.1 Å². The van der Waals surface area contributed by atoms with E-state index in [-0.39, 0.29) is 5.91 Å². The van der Waals surface area contributed by atoms with Crippen molar-refractivity contribution in [1.82, 2.24) is 4.98 Å². The van der Waals surface area contributed by atoms with Crippen molar-refractivity contribution >= 4 is 38.8 Å². The van der Waals surface area contributed by atoms with Crippen molar-refractivity contribution in [3.05, 3.63) is 94.8 Å². The summed E-state index contributed by atoms with van der Waals surface area (Å²) in [7, 11) is 0. The van der Waals surface area contributed by atoms with Gasteiger partial charge in [-0.25, -0.2) is 9.37 Å². The molecule has 0 bridgehead atoms. The third-order valence-corrected chi connectivity index (χ3v) is 5.39. The Morgan fingerprint density at radius 3 is 2.41 bits per heavy atom. The Morgan fingerprint density at radius 2 is 1.69 bits per heavy atom. The van der Waals surface area contributed by atoms with Gasteiger partial charge in [-0.15, -0.1) is 0 Å². The van der Waals surface area contributed by atoms with E-state index in [0.29, 0.717) is 10.7 Å². The molecule has 0 radical (unpaired) electrons. The molecule has 0 N–H and O–H groups in total. The second kappa shape index (κ2) is 7.93. The van der Waals surface area contributed by atoms with Crippen LogP contribution in [0.4, 0.5) is 9.52 Å². The van der Waals surface area contributed by atoms with Gasteiger partial charge in [0.1, 0.15) is 5.82 Å². The van der Waals surface area contributed by atoms with Crippen molar-refractivity contribution in [3.8, 4) is 0 Å². The van der Waals surface area contributed by atoms with Crippen LogP contribution in [0.2, 0.25) is 0 Å². The van der Waals surface area contributed by atoms with E-state index in [4.69, 9.17) is 0 Å². The van der Waals surface area contributed by atoms with Gasteiger partial charge in [0.15, 0.2) is 0 Å². The van der Waals surface area contributed by atoms with Crippen LogP contribution in [0.5, 0.6) is 0 Å². The fourth-order valence-electron chi connectivity index (χ4n) is 2.79. The number of rotatable bonds is 4. The smallest absolute Gasteiger partial charge is 0.267 e. The number of nitrogens with zero attached hydrogens (tertiary/aromatic N) is 3. The van der Waals surface area contributed by atoms with E-state index in [1.165, 1.54) is 40.6 Å². The van der Waals surface area contributed by atoms with Gasteiger partial charge in [0.2, 0.25) is 5.13 Å². The van der Waals surface area contributed by atoms with Crippen molar-refractivity contribution in [2.24, 2.45) is 5.10 Å². The highest BCUT2D eigenvalue weighted by Gasteiger charge is 2.21. The molecule has 0 spiro atoms. The van der Waals surface area contributed by atoms with Crippen molar-refractivity contribution in [3.63, 3.8) is 0 Å². The number of hydrogen-bond acceptors (Lipinski definition) is 4. The van der Waals surface area contributed by atoms with Crippen LogP contribution >= 0.6 is 11.3 Å². The summed E-state index contributed by atoms with van der Waals surface area (Å²) < 4.78 is 14.3. The second-order valence-corrected chi connectivity index (χ2v) is 7.76. The first-order chi connectivity index (χ1) is 14.0. The third-order valence-electron chi connectivity index (χ3n) is 4.40. The van der Waals surface area contributed by atoms with Gasteiger partial charge in [0, 0.05) is 5.56 Å². The van der Waals surface area contributed by atoms with Crippen molar-refractivity contribution in [2.45, 2.75) is 13.8 Å². The van der Waals surface area contributed by atoms with Gasteiger partial charge in [-0.1, -0.05) is 47.2 Å². The number of amides is 1. The maximum absolute atomic E-state index is 13.3. The molecule has 0 saturated carbocycles. The molecule has 1 amide bonds. The zero-order valence-electron chi connectivity index (χ0n) is 16.0. The lowest BCUT2D eigenvalue weighted by Gasteiger charge is -2.13. The SMILES string of the molecule is Cc1ccc(/C=N/N(C(=O)c2ccc(F)cc2)c2nc3ccc(C)cc3s2)cc1. The zero-order chi connectivity index (χ0) is 20.4. The summed E-state index contributed by atoms with van der Waals surface area (Å²) >= 11 is 1.39. The van der Waals surface area contributed by atoms with E-state index in [9.17, 15) is 9.18 Å². The Hall–Kier alpha value is -3.38. The number of hydrazone groups is 1. The molecule has 3 aromatic carbocycles. The number of fused-ring (bicyclic) bond motifs is 1. The monoisotopic (exact) mass is 403 g/mol. The zero-order valence-corrected chi connectivity index (χ0v) is 16.8. The highest BCUT2D eigenvalue weighted by Crippen LogP contribution is 2.30. The molecular formula is C23H18FN3OS. The Balaban J connectivity index is 1.75. The van der Waals surface area contributed by atoms with Crippen molar-refractivity contribution < 1.29 is 9.18 Å². The average Bonchev–Trinajstić information content (AvgIpc) is 3.12. The summed E-state index contributed by atoms with van der Waals surface area (Å²) in [4.78, 5) is 17.7. The van der Waals surface area contributed by atoms with Crippen LogP contribution in [0, 0.1) is 19.7 Å². The first-order valence-corrected chi connectivity index (χ1v) is 9.89. The Bertz CT molecular complexity index is 1200. The summed E-state index contributed by atoms with van der Waals surface area (Å²) in [6, 6.07) is 19.2. The lowest BCUT2D eigenvalue weighted by atomic mass is 10.2. The number of halogens is 1. The normalized spacial score (nSPS) is 11.3. The first kappa shape index (κ1) is 19.0. The standard InChI is InChI=1S/C23H18FN3OS/c1-15-3-6-17(7-4-15)14-25-27(22(28)18-8-10-19(24)11-9-18)23-26-20-12-5-16(2)13-21(20)29-23/h3-14H,1-2H3/b25-14+. The largest absolute Gasteiger partial charge is 0.280 e. The molecule has 0 aliphatic rings. The molecule has 0 aliphatic heterocycles. The lowest BCUT2D eigenvalue weighted by molar-refractivity contribution is 0.0988. The summed E-state index contributed by atoms with van der Waals surface area (Å²) in [6.45, 7) is 4.02. The maximum atomic E-state index is 13.3. The highest BCUT2D eigenvalue weighted by atomic mass is 32.1. The minimum absolute atomic E-state index is 0.336. The second-order valence-electron chi connectivity index (χ2n) is 6.75. The van der Waals surface area contributed by atoms with Crippen LogP contribution in [0.3, 0.4) is 0 Å². The van der Waals surface area contributed by atoms with Gasteiger partial charge in [-0.05, 0) is 61.4 Å². The molecule has 4 rings (SSSR count). The van der Waals surface area contributed by atoms with E-state index in [2.05, 4.69) is 10.1 Å². The summed E-state index contributed by atoms with van der Waals surface area (Å²) in [5, 5.41) is 6.16. The fourth-order valence-corrected chi connectivity index (χ4v) is 3.81. The molecule has 0 fully saturated rings. The Kier molecular flexibility index (Phi) is 5.18. The number of thiazole rings is 1. The van der Waals surface area contributed by atoms with Crippen LogP contribution in [-0.2, 0) is 0 Å². The van der Waals surface area contributed by atoms with Gasteiger partial charge in [-0.3, -0.25) is 4.79 Å². The number of carbonyl (C=O) groups is 1. The predicted octanol–water partition coefficient (Wildman–Crippen LogP) is 5.73. The average molecular weight is 403 g/mol. The van der Waals surface area contributed by atoms with E-state index < -0.39 is 5.82 Å². The quantitative estimate of drug-likeness (QED) is 0.322. The molecule has 4 nitrogen and oxygen atoms in total. The number of carbonyl (C=O) groups excluding carboxylic acids is 1. The van der Waals surface area contributed by atoms with Crippen LogP contribution in [0.15, 0.2) is 71.8 Å². The molecule has 6 heteroatoms. The Labute approximate surface area is 171 Å². The molecular weight excluding hydrogens is 385 g/mol. The Morgan fingerprint density at radius 1 is 1.00 bits per heavy atom. The molecule has 1 heterocycles. The minimum Gasteiger partial charge on any atom is -0.267 e.